The SMILES string of the molecule is Cc1ccc2[nH]c(C)c(C[NH+]3CC(C)OC(C)C3)c(=O)c2c1. The molecule has 0 aliphatic carbocycles. The fourth-order valence-corrected chi connectivity index (χ4v) is 3.56. The van der Waals surface area contributed by atoms with Crippen LogP contribution < -0.4 is 10.3 Å². The third kappa shape index (κ3) is 2.94. The van der Waals surface area contributed by atoms with Gasteiger partial charge < -0.3 is 14.6 Å². The lowest BCUT2D eigenvalue weighted by molar-refractivity contribution is -0.928. The zero-order valence-corrected chi connectivity index (χ0v) is 13.8. The zero-order valence-electron chi connectivity index (χ0n) is 13.8. The Morgan fingerprint density at radius 2 is 1.91 bits per heavy atom. The highest BCUT2D eigenvalue weighted by Crippen LogP contribution is 2.13. The minimum absolute atomic E-state index is 0.175. The molecule has 4 heteroatoms. The zero-order chi connectivity index (χ0) is 15.9. The number of rotatable bonds is 2. The first-order valence-corrected chi connectivity index (χ1v) is 8.05. The van der Waals surface area contributed by atoms with E-state index in [1.165, 1.54) is 4.90 Å². The Kier molecular flexibility index (Phi) is 4.06. The van der Waals surface area contributed by atoms with Crippen molar-refractivity contribution in [2.45, 2.75) is 46.4 Å². The lowest BCUT2D eigenvalue weighted by Gasteiger charge is -2.32. The molecule has 118 valence electrons. The summed E-state index contributed by atoms with van der Waals surface area (Å²) >= 11 is 0. The summed E-state index contributed by atoms with van der Waals surface area (Å²) in [5.41, 5.74) is 4.12. The van der Waals surface area contributed by atoms with Crippen LogP contribution in [0.1, 0.15) is 30.7 Å². The Morgan fingerprint density at radius 3 is 2.59 bits per heavy atom. The number of morpholine rings is 1. The van der Waals surface area contributed by atoms with E-state index in [4.69, 9.17) is 4.74 Å². The highest BCUT2D eigenvalue weighted by atomic mass is 16.5. The second-order valence-corrected chi connectivity index (χ2v) is 6.70. The normalized spacial score (nSPS) is 25.5. The molecule has 2 unspecified atom stereocenters. The van der Waals surface area contributed by atoms with Crippen LogP contribution in [0.4, 0.5) is 0 Å². The van der Waals surface area contributed by atoms with Crippen molar-refractivity contribution in [1.29, 1.82) is 0 Å². The second kappa shape index (κ2) is 5.86. The smallest absolute Gasteiger partial charge is 0.198 e. The third-order valence-electron chi connectivity index (χ3n) is 4.51. The van der Waals surface area contributed by atoms with E-state index < -0.39 is 0 Å². The Labute approximate surface area is 131 Å². The molecular formula is C18H25N2O2+. The Balaban J connectivity index is 1.98. The van der Waals surface area contributed by atoms with E-state index in [-0.39, 0.29) is 17.6 Å². The topological polar surface area (TPSA) is 46.5 Å². The van der Waals surface area contributed by atoms with Crippen LogP contribution in [-0.4, -0.2) is 30.3 Å². The van der Waals surface area contributed by atoms with Crippen molar-refractivity contribution in [2.75, 3.05) is 13.1 Å². The van der Waals surface area contributed by atoms with Gasteiger partial charge in [0, 0.05) is 16.6 Å². The van der Waals surface area contributed by atoms with Crippen molar-refractivity contribution in [2.24, 2.45) is 0 Å². The molecule has 0 spiro atoms. The Bertz CT molecular complexity index is 741. The van der Waals surface area contributed by atoms with Crippen molar-refractivity contribution in [3.63, 3.8) is 0 Å². The monoisotopic (exact) mass is 301 g/mol. The molecule has 2 N–H and O–H groups in total. The molecule has 1 aliphatic heterocycles. The quantitative estimate of drug-likeness (QED) is 0.879. The number of hydrogen-bond donors (Lipinski definition) is 2. The maximum Gasteiger partial charge on any atom is 0.198 e. The van der Waals surface area contributed by atoms with E-state index in [1.807, 2.05) is 32.0 Å². The number of H-pyrrole nitrogens is 1. The molecule has 2 aromatic rings. The summed E-state index contributed by atoms with van der Waals surface area (Å²) in [6.45, 7) is 10.9. The van der Waals surface area contributed by atoms with Crippen molar-refractivity contribution < 1.29 is 9.64 Å². The van der Waals surface area contributed by atoms with Crippen molar-refractivity contribution in [3.05, 3.63) is 45.2 Å². The van der Waals surface area contributed by atoms with Crippen LogP contribution >= 0.6 is 0 Å². The Morgan fingerprint density at radius 1 is 1.23 bits per heavy atom. The summed E-state index contributed by atoms with van der Waals surface area (Å²) in [5.74, 6) is 0. The maximum atomic E-state index is 12.9. The maximum absolute atomic E-state index is 12.9. The largest absolute Gasteiger partial charge is 0.364 e. The minimum Gasteiger partial charge on any atom is -0.364 e. The number of aryl methyl sites for hydroxylation is 2. The average molecular weight is 301 g/mol. The molecule has 2 atom stereocenters. The summed E-state index contributed by atoms with van der Waals surface area (Å²) < 4.78 is 5.79. The Hall–Kier alpha value is -1.65. The average Bonchev–Trinajstić information content (AvgIpc) is 2.43. The van der Waals surface area contributed by atoms with E-state index in [0.29, 0.717) is 0 Å². The van der Waals surface area contributed by atoms with Gasteiger partial charge in [0.1, 0.15) is 31.8 Å². The summed E-state index contributed by atoms with van der Waals surface area (Å²) in [4.78, 5) is 17.7. The lowest BCUT2D eigenvalue weighted by atomic mass is 10.1. The van der Waals surface area contributed by atoms with Crippen molar-refractivity contribution in [3.8, 4) is 0 Å². The fourth-order valence-electron chi connectivity index (χ4n) is 3.56. The first kappa shape index (κ1) is 15.3. The molecule has 3 rings (SSSR count). The predicted molar refractivity (Wildman–Crippen MR) is 88.5 cm³/mol. The number of pyridine rings is 1. The van der Waals surface area contributed by atoms with Gasteiger partial charge in [-0.3, -0.25) is 4.79 Å². The molecule has 1 fully saturated rings. The summed E-state index contributed by atoms with van der Waals surface area (Å²) in [7, 11) is 0. The molecule has 0 amide bonds. The van der Waals surface area contributed by atoms with Gasteiger partial charge in [-0.15, -0.1) is 0 Å². The molecule has 2 heterocycles. The van der Waals surface area contributed by atoms with Crippen LogP contribution in [-0.2, 0) is 11.3 Å². The van der Waals surface area contributed by atoms with Gasteiger partial charge in [-0.05, 0) is 39.8 Å². The van der Waals surface area contributed by atoms with E-state index in [1.54, 1.807) is 0 Å². The molecular weight excluding hydrogens is 276 g/mol. The first-order chi connectivity index (χ1) is 10.4. The predicted octanol–water partition coefficient (Wildman–Crippen LogP) is 1.34. The number of ether oxygens (including phenoxy) is 1. The van der Waals surface area contributed by atoms with E-state index in [0.717, 1.165) is 47.4 Å². The number of aromatic nitrogens is 1. The van der Waals surface area contributed by atoms with Crippen LogP contribution in [0.25, 0.3) is 10.9 Å². The van der Waals surface area contributed by atoms with E-state index >= 15 is 0 Å². The van der Waals surface area contributed by atoms with E-state index in [2.05, 4.69) is 18.8 Å². The van der Waals surface area contributed by atoms with Crippen LogP contribution in [0.2, 0.25) is 0 Å². The molecule has 4 nitrogen and oxygen atoms in total. The van der Waals surface area contributed by atoms with Crippen molar-refractivity contribution in [1.82, 2.24) is 4.98 Å². The number of benzene rings is 1. The van der Waals surface area contributed by atoms with Crippen LogP contribution in [0, 0.1) is 13.8 Å². The second-order valence-electron chi connectivity index (χ2n) is 6.70. The van der Waals surface area contributed by atoms with Crippen LogP contribution in [0.5, 0.6) is 0 Å². The van der Waals surface area contributed by atoms with Gasteiger partial charge in [0.2, 0.25) is 0 Å². The number of fused-ring (bicyclic) bond motifs is 1. The minimum atomic E-state index is 0.175. The van der Waals surface area contributed by atoms with Gasteiger partial charge >= 0.3 is 0 Å². The number of hydrogen-bond acceptors (Lipinski definition) is 2. The molecule has 1 aromatic heterocycles. The summed E-state index contributed by atoms with van der Waals surface area (Å²) in [6, 6.07) is 6.01. The fraction of sp³-hybridized carbons (Fsp3) is 0.500. The summed E-state index contributed by atoms with van der Waals surface area (Å²) in [5, 5.41) is 0.800. The van der Waals surface area contributed by atoms with Gasteiger partial charge in [-0.1, -0.05) is 11.6 Å². The molecule has 1 aromatic carbocycles. The molecule has 0 radical (unpaired) electrons. The summed E-state index contributed by atoms with van der Waals surface area (Å²) in [6.07, 6.45) is 0.502. The lowest BCUT2D eigenvalue weighted by Crippen LogP contribution is -3.14. The van der Waals surface area contributed by atoms with Gasteiger partial charge in [-0.25, -0.2) is 0 Å². The van der Waals surface area contributed by atoms with E-state index in [9.17, 15) is 4.79 Å². The van der Waals surface area contributed by atoms with Gasteiger partial charge in [0.05, 0.1) is 5.56 Å². The number of quaternary nitrogens is 1. The van der Waals surface area contributed by atoms with Crippen molar-refractivity contribution >= 4 is 10.9 Å². The van der Waals surface area contributed by atoms with Gasteiger partial charge in [0.25, 0.3) is 0 Å². The highest BCUT2D eigenvalue weighted by Gasteiger charge is 2.27. The molecule has 1 saturated heterocycles. The third-order valence-corrected chi connectivity index (χ3v) is 4.51. The first-order valence-electron chi connectivity index (χ1n) is 8.05. The number of aromatic amines is 1. The molecule has 22 heavy (non-hydrogen) atoms. The van der Waals surface area contributed by atoms with Crippen LogP contribution in [0.15, 0.2) is 23.0 Å². The molecule has 0 bridgehead atoms. The van der Waals surface area contributed by atoms with Gasteiger partial charge in [-0.2, -0.15) is 0 Å². The number of nitrogens with one attached hydrogen (secondary N) is 2. The molecule has 1 aliphatic rings. The standard InChI is InChI=1S/C18H24N2O2/c1-11-5-6-17-15(7-11)18(21)16(14(4)19-17)10-20-8-12(2)22-13(3)9-20/h5-7,12-13H,8-10H2,1-4H3,(H,19,21)/p+1. The van der Waals surface area contributed by atoms with Crippen LogP contribution in [0.3, 0.4) is 0 Å². The van der Waals surface area contributed by atoms with Gasteiger partial charge in [0.15, 0.2) is 5.43 Å². The molecule has 0 saturated carbocycles. The highest BCUT2D eigenvalue weighted by molar-refractivity contribution is 5.80.